The number of aromatic nitrogens is 2. The second-order valence-electron chi connectivity index (χ2n) is 1.24. The fourth-order valence-corrected chi connectivity index (χ4v) is 0.313. The molecule has 0 atom stereocenters. The lowest BCUT2D eigenvalue weighted by molar-refractivity contribution is 0.740. The number of H-pyrrole nitrogens is 1. The topological polar surface area (TPSA) is 37.8 Å². The fraction of sp³-hybridized carbons (Fsp3) is 0.250. The normalized spacial score (nSPS) is 13.3. The van der Waals surface area contributed by atoms with Crippen molar-refractivity contribution in [3.05, 3.63) is 22.6 Å². The van der Waals surface area contributed by atoms with E-state index in [9.17, 15) is 4.79 Å². The largest absolute Gasteiger partial charge is 0.303 e. The van der Waals surface area contributed by atoms with Gasteiger partial charge in [0.1, 0.15) is 0 Å². The van der Waals surface area contributed by atoms with Crippen LogP contribution in [0.3, 0.4) is 0 Å². The molecule has 1 aromatic rings. The van der Waals surface area contributed by atoms with Crippen LogP contribution in [-0.2, 0) is 7.05 Å². The van der Waals surface area contributed by atoms with Crippen molar-refractivity contribution in [1.29, 1.82) is 0 Å². The van der Waals surface area contributed by atoms with E-state index in [1.54, 1.807) is 0 Å². The Kier molecular flexibility index (Phi) is 0.422. The van der Waals surface area contributed by atoms with Crippen molar-refractivity contribution in [3.8, 4) is 0 Å². The quantitative estimate of drug-likeness (QED) is 0.478. The fourth-order valence-electron chi connectivity index (χ4n) is 0.313. The van der Waals surface area contributed by atoms with Gasteiger partial charge in [-0.3, -0.25) is 9.48 Å². The van der Waals surface area contributed by atoms with Gasteiger partial charge in [0, 0.05) is 19.3 Å². The van der Waals surface area contributed by atoms with Gasteiger partial charge in [0.15, 0.2) is 1.41 Å². The summed E-state index contributed by atoms with van der Waals surface area (Å²) in [6.07, 6.45) is -0.0949. The van der Waals surface area contributed by atoms with Gasteiger partial charge >= 0.3 is 0 Å². The Balaban J connectivity index is 3.47. The van der Waals surface area contributed by atoms with Gasteiger partial charge < -0.3 is 5.09 Å². The van der Waals surface area contributed by atoms with Crippen LogP contribution >= 0.6 is 0 Å². The van der Waals surface area contributed by atoms with Gasteiger partial charge in [-0.1, -0.05) is 0 Å². The molecule has 1 rings (SSSR count). The Labute approximate surface area is 43.4 Å². The highest BCUT2D eigenvalue weighted by Gasteiger charge is 1.80. The first-order valence-electron chi connectivity index (χ1n) is 2.82. The summed E-state index contributed by atoms with van der Waals surface area (Å²) in [7, 11) is 1.44. The van der Waals surface area contributed by atoms with Crippen molar-refractivity contribution in [1.82, 2.24) is 9.77 Å². The molecule has 0 amide bonds. The lowest BCUT2D eigenvalue weighted by Crippen LogP contribution is -2.09. The van der Waals surface area contributed by atoms with Crippen LogP contribution in [0.5, 0.6) is 0 Å². The van der Waals surface area contributed by atoms with Gasteiger partial charge in [-0.05, 0) is 0 Å². The molecule has 1 heterocycles. The van der Waals surface area contributed by atoms with Crippen LogP contribution in [0, 0.1) is 0 Å². The molecule has 0 bridgehead atoms. The molecule has 0 radical (unpaired) electrons. The third kappa shape index (κ3) is 0.559. The monoisotopic (exact) mass is 100 g/mol. The van der Waals surface area contributed by atoms with Gasteiger partial charge in [-0.2, -0.15) is 0 Å². The molecule has 0 saturated carbocycles. The highest BCUT2D eigenvalue weighted by Crippen LogP contribution is 1.62. The van der Waals surface area contributed by atoms with Crippen LogP contribution in [0.15, 0.2) is 17.0 Å². The smallest absolute Gasteiger partial charge is 0.266 e. The third-order valence-corrected chi connectivity index (χ3v) is 0.715. The molecular formula is C4H6N2O. The van der Waals surface area contributed by atoms with Gasteiger partial charge in [0.05, 0.1) is 1.37 Å². The van der Waals surface area contributed by atoms with Gasteiger partial charge in [0.25, 0.3) is 5.56 Å². The molecule has 0 saturated heterocycles. The molecule has 0 aliphatic rings. The van der Waals surface area contributed by atoms with Crippen molar-refractivity contribution in [2.75, 3.05) is 0 Å². The minimum absolute atomic E-state index is 0.0949. The van der Waals surface area contributed by atoms with Crippen LogP contribution < -0.4 is 5.56 Å². The van der Waals surface area contributed by atoms with Crippen molar-refractivity contribution in [2.45, 2.75) is 0 Å². The van der Waals surface area contributed by atoms with E-state index in [1.807, 2.05) is 0 Å². The van der Waals surface area contributed by atoms with E-state index >= 15 is 0 Å². The SMILES string of the molecule is [2H]c1cc(=O)n(C)n1[2H]. The highest BCUT2D eigenvalue weighted by molar-refractivity contribution is 4.78. The molecule has 0 fully saturated rings. The van der Waals surface area contributed by atoms with E-state index in [2.05, 4.69) is 0 Å². The third-order valence-electron chi connectivity index (χ3n) is 0.715. The predicted octanol–water partition coefficient (Wildman–Crippen LogP) is -0.287. The summed E-state index contributed by atoms with van der Waals surface area (Å²) in [5.74, 6) is 0. The van der Waals surface area contributed by atoms with Gasteiger partial charge in [-0.25, -0.2) is 0 Å². The van der Waals surface area contributed by atoms with E-state index in [0.29, 0.717) is 0 Å². The van der Waals surface area contributed by atoms with Gasteiger partial charge in [-0.15, -0.1) is 0 Å². The van der Waals surface area contributed by atoms with Gasteiger partial charge in [0.2, 0.25) is 0 Å². The Morgan fingerprint density at radius 3 is 3.14 bits per heavy atom. The first-order chi connectivity index (χ1) is 4.13. The predicted molar refractivity (Wildman–Crippen MR) is 26.0 cm³/mol. The number of hydrogen-bond acceptors (Lipinski definition) is 1. The molecule has 0 aromatic carbocycles. The zero-order valence-corrected chi connectivity index (χ0v) is 3.88. The van der Waals surface area contributed by atoms with Crippen molar-refractivity contribution in [3.63, 3.8) is 0 Å². The van der Waals surface area contributed by atoms with E-state index in [0.717, 1.165) is 15.8 Å². The molecule has 0 aliphatic heterocycles. The molecule has 7 heavy (non-hydrogen) atoms. The Hall–Kier alpha value is -0.990. The molecule has 38 valence electrons. The number of nitrogens with zero attached hydrogens (tertiary/aromatic N) is 1. The zero-order chi connectivity index (χ0) is 7.02. The van der Waals surface area contributed by atoms with Crippen molar-refractivity contribution < 1.29 is 2.78 Å². The molecule has 3 nitrogen and oxygen atoms in total. The summed E-state index contributed by atoms with van der Waals surface area (Å²) >= 11 is 0. The Morgan fingerprint density at radius 1 is 2.29 bits per heavy atom. The standard InChI is InChI=1S/C4H6N2O/c1-6-4(7)2-3-5-6/h2-3,5H,1H3/i3D/hD. The van der Waals surface area contributed by atoms with Crippen molar-refractivity contribution in [2.24, 2.45) is 7.05 Å². The van der Waals surface area contributed by atoms with E-state index in [4.69, 9.17) is 2.78 Å². The van der Waals surface area contributed by atoms with E-state index in [1.165, 1.54) is 7.05 Å². The maximum absolute atomic E-state index is 10.6. The minimum atomic E-state index is -0.324. The lowest BCUT2D eigenvalue weighted by atomic mass is 10.7. The maximum atomic E-state index is 10.6. The Morgan fingerprint density at radius 2 is 3.00 bits per heavy atom. The molecule has 0 spiro atoms. The summed E-state index contributed by atoms with van der Waals surface area (Å²) < 4.78 is 14.9. The van der Waals surface area contributed by atoms with Crippen LogP contribution in [0.4, 0.5) is 0 Å². The molecule has 1 N–H and O–H groups in total. The summed E-state index contributed by atoms with van der Waals surface area (Å²) in [5, 5.41) is 0.725. The Bertz CT molecular complexity index is 275. The average molecular weight is 100 g/mol. The molecule has 1 aromatic heterocycles. The lowest BCUT2D eigenvalue weighted by Gasteiger charge is -1.79. The zero-order valence-electron chi connectivity index (χ0n) is 5.88. The summed E-state index contributed by atoms with van der Waals surface area (Å²) in [6, 6.07) is 1.09. The van der Waals surface area contributed by atoms with Crippen LogP contribution in [0.1, 0.15) is 1.37 Å². The number of hydrogen-bond donors (Lipinski definition) is 1. The second-order valence-corrected chi connectivity index (χ2v) is 1.24. The van der Waals surface area contributed by atoms with Crippen LogP contribution in [0.25, 0.3) is 0 Å². The number of rotatable bonds is 0. The summed E-state index contributed by atoms with van der Waals surface area (Å²) in [5.41, 5.74) is -0.324. The van der Waals surface area contributed by atoms with E-state index in [-0.39, 0.29) is 11.7 Å². The minimum Gasteiger partial charge on any atom is -0.303 e. The number of nitrogens with one attached hydrogen (secondary N) is 1. The van der Waals surface area contributed by atoms with Crippen LogP contribution in [0.2, 0.25) is 1.41 Å². The first-order valence-corrected chi connectivity index (χ1v) is 1.88. The second kappa shape index (κ2) is 1.26. The molecule has 0 aliphatic carbocycles. The average Bonchev–Trinajstić information content (AvgIpc) is 1.98. The first kappa shape index (κ1) is 2.35. The summed E-state index contributed by atoms with van der Waals surface area (Å²) in [4.78, 5) is 10.6. The maximum Gasteiger partial charge on any atom is 0.266 e. The number of aromatic amines is 1. The molecular weight excluding hydrogens is 92.1 g/mol. The van der Waals surface area contributed by atoms with Crippen molar-refractivity contribution >= 4 is 0 Å². The molecule has 0 unspecified atom stereocenters. The highest BCUT2D eigenvalue weighted by atomic mass is 16.1. The van der Waals surface area contributed by atoms with E-state index < -0.39 is 0 Å². The van der Waals surface area contributed by atoms with Crippen LogP contribution in [-0.4, -0.2) is 9.77 Å². The molecule has 3 heteroatoms. The summed E-state index contributed by atoms with van der Waals surface area (Å²) in [6.45, 7) is 0.